The minimum atomic E-state index is -0.168. The number of amides is 2. The molecule has 1 saturated heterocycles. The van der Waals surface area contributed by atoms with Crippen molar-refractivity contribution in [3.05, 3.63) is 65.7 Å². The number of ether oxygens (including phenoxy) is 1. The maximum atomic E-state index is 12.3. The molecule has 6 nitrogen and oxygen atoms in total. The Bertz CT molecular complexity index is 743. The molecule has 2 N–H and O–H groups in total. The molecular weight excluding hydrogens is 330 g/mol. The van der Waals surface area contributed by atoms with Crippen LogP contribution in [0.1, 0.15) is 15.9 Å². The Morgan fingerprint density at radius 3 is 2.54 bits per heavy atom. The zero-order valence-corrected chi connectivity index (χ0v) is 14.6. The first-order valence-corrected chi connectivity index (χ1v) is 8.73. The number of benzene rings is 2. The fourth-order valence-corrected chi connectivity index (χ4v) is 2.78. The number of morpholine rings is 1. The summed E-state index contributed by atoms with van der Waals surface area (Å²) in [4.78, 5) is 26.6. The van der Waals surface area contributed by atoms with Gasteiger partial charge in [-0.3, -0.25) is 14.5 Å². The van der Waals surface area contributed by atoms with Gasteiger partial charge in [0.05, 0.1) is 19.8 Å². The molecule has 1 heterocycles. The molecule has 6 heteroatoms. The van der Waals surface area contributed by atoms with Crippen molar-refractivity contribution in [1.29, 1.82) is 0 Å². The molecule has 0 unspecified atom stereocenters. The van der Waals surface area contributed by atoms with Gasteiger partial charge in [-0.2, -0.15) is 0 Å². The zero-order valence-electron chi connectivity index (χ0n) is 14.6. The highest BCUT2D eigenvalue weighted by Gasteiger charge is 2.14. The van der Waals surface area contributed by atoms with E-state index in [-0.39, 0.29) is 11.8 Å². The minimum absolute atomic E-state index is 0.0891. The van der Waals surface area contributed by atoms with Crippen LogP contribution >= 0.6 is 0 Å². The molecule has 3 rings (SSSR count). The first kappa shape index (κ1) is 18.1. The van der Waals surface area contributed by atoms with Gasteiger partial charge in [0.1, 0.15) is 0 Å². The molecule has 1 fully saturated rings. The predicted molar refractivity (Wildman–Crippen MR) is 99.9 cm³/mol. The summed E-state index contributed by atoms with van der Waals surface area (Å²) in [5, 5.41) is 5.74. The Balaban J connectivity index is 1.53. The van der Waals surface area contributed by atoms with E-state index in [1.165, 1.54) is 0 Å². The van der Waals surface area contributed by atoms with E-state index >= 15 is 0 Å². The smallest absolute Gasteiger partial charge is 0.251 e. The Morgan fingerprint density at radius 1 is 1.00 bits per heavy atom. The van der Waals surface area contributed by atoms with Crippen LogP contribution in [0.3, 0.4) is 0 Å². The second kappa shape index (κ2) is 9.12. The SMILES string of the molecule is O=C(CN1CCOCC1)Nc1cccc(C(=O)NCc2ccccc2)c1. The summed E-state index contributed by atoms with van der Waals surface area (Å²) in [7, 11) is 0. The van der Waals surface area contributed by atoms with E-state index in [4.69, 9.17) is 4.74 Å². The maximum Gasteiger partial charge on any atom is 0.251 e. The van der Waals surface area contributed by atoms with Crippen LogP contribution < -0.4 is 10.6 Å². The monoisotopic (exact) mass is 353 g/mol. The van der Waals surface area contributed by atoms with Crippen molar-refractivity contribution in [2.45, 2.75) is 6.54 Å². The first-order valence-electron chi connectivity index (χ1n) is 8.73. The van der Waals surface area contributed by atoms with Crippen molar-refractivity contribution in [3.8, 4) is 0 Å². The summed E-state index contributed by atoms with van der Waals surface area (Å²) < 4.78 is 5.28. The highest BCUT2D eigenvalue weighted by Crippen LogP contribution is 2.11. The number of carbonyl (C=O) groups is 2. The normalized spacial score (nSPS) is 14.6. The summed E-state index contributed by atoms with van der Waals surface area (Å²) >= 11 is 0. The van der Waals surface area contributed by atoms with Gasteiger partial charge in [0, 0.05) is 30.9 Å². The number of nitrogens with one attached hydrogen (secondary N) is 2. The average Bonchev–Trinajstić information content (AvgIpc) is 2.68. The lowest BCUT2D eigenvalue weighted by Crippen LogP contribution is -2.41. The van der Waals surface area contributed by atoms with Gasteiger partial charge < -0.3 is 15.4 Å². The van der Waals surface area contributed by atoms with Crippen molar-refractivity contribution in [3.63, 3.8) is 0 Å². The minimum Gasteiger partial charge on any atom is -0.379 e. The van der Waals surface area contributed by atoms with Gasteiger partial charge in [0.2, 0.25) is 5.91 Å². The summed E-state index contributed by atoms with van der Waals surface area (Å²) in [6, 6.07) is 16.7. The van der Waals surface area contributed by atoms with Crippen LogP contribution in [0.4, 0.5) is 5.69 Å². The van der Waals surface area contributed by atoms with Gasteiger partial charge in [0.15, 0.2) is 0 Å². The van der Waals surface area contributed by atoms with Crippen molar-refractivity contribution in [2.24, 2.45) is 0 Å². The van der Waals surface area contributed by atoms with E-state index in [2.05, 4.69) is 15.5 Å². The predicted octanol–water partition coefficient (Wildman–Crippen LogP) is 1.89. The molecule has 0 aromatic heterocycles. The first-order chi connectivity index (χ1) is 12.7. The van der Waals surface area contributed by atoms with E-state index < -0.39 is 0 Å². The molecule has 0 spiro atoms. The van der Waals surface area contributed by atoms with Crippen LogP contribution in [-0.4, -0.2) is 49.6 Å². The molecule has 2 aromatic rings. The fourth-order valence-electron chi connectivity index (χ4n) is 2.78. The van der Waals surface area contributed by atoms with Gasteiger partial charge in [-0.15, -0.1) is 0 Å². The lowest BCUT2D eigenvalue weighted by atomic mass is 10.1. The molecule has 0 bridgehead atoms. The molecule has 1 aliphatic heterocycles. The average molecular weight is 353 g/mol. The van der Waals surface area contributed by atoms with Crippen LogP contribution in [0.25, 0.3) is 0 Å². The largest absolute Gasteiger partial charge is 0.379 e. The van der Waals surface area contributed by atoms with Crippen molar-refractivity contribution in [1.82, 2.24) is 10.2 Å². The van der Waals surface area contributed by atoms with Gasteiger partial charge in [-0.1, -0.05) is 36.4 Å². The quantitative estimate of drug-likeness (QED) is 0.832. The summed E-state index contributed by atoms with van der Waals surface area (Å²) in [6.45, 7) is 3.63. The zero-order chi connectivity index (χ0) is 18.2. The third kappa shape index (κ3) is 5.40. The molecule has 0 radical (unpaired) electrons. The van der Waals surface area contributed by atoms with Crippen LogP contribution in [-0.2, 0) is 16.1 Å². The lowest BCUT2D eigenvalue weighted by Gasteiger charge is -2.25. The number of hydrogen-bond donors (Lipinski definition) is 2. The highest BCUT2D eigenvalue weighted by atomic mass is 16.5. The molecule has 1 aliphatic rings. The summed E-state index contributed by atoms with van der Waals surface area (Å²) in [5.74, 6) is -0.258. The number of rotatable bonds is 6. The van der Waals surface area contributed by atoms with E-state index in [9.17, 15) is 9.59 Å². The van der Waals surface area contributed by atoms with E-state index in [0.717, 1.165) is 18.7 Å². The molecule has 0 aliphatic carbocycles. The van der Waals surface area contributed by atoms with E-state index in [1.54, 1.807) is 24.3 Å². The second-order valence-corrected chi connectivity index (χ2v) is 6.19. The summed E-state index contributed by atoms with van der Waals surface area (Å²) in [5.41, 5.74) is 2.18. The van der Waals surface area contributed by atoms with Gasteiger partial charge in [-0.05, 0) is 23.8 Å². The molecule has 26 heavy (non-hydrogen) atoms. The maximum absolute atomic E-state index is 12.3. The Labute approximate surface area is 153 Å². The van der Waals surface area contributed by atoms with Crippen LogP contribution in [0.5, 0.6) is 0 Å². The molecule has 136 valence electrons. The molecule has 2 amide bonds. The van der Waals surface area contributed by atoms with Crippen LogP contribution in [0, 0.1) is 0 Å². The fraction of sp³-hybridized carbons (Fsp3) is 0.300. The lowest BCUT2D eigenvalue weighted by molar-refractivity contribution is -0.118. The van der Waals surface area contributed by atoms with Crippen molar-refractivity contribution < 1.29 is 14.3 Å². The number of anilines is 1. The number of carbonyl (C=O) groups excluding carboxylic acids is 2. The molecule has 2 aromatic carbocycles. The Morgan fingerprint density at radius 2 is 1.77 bits per heavy atom. The van der Waals surface area contributed by atoms with E-state index in [0.29, 0.717) is 37.6 Å². The standard InChI is InChI=1S/C20H23N3O3/c24-19(15-23-9-11-26-12-10-23)22-18-8-4-7-17(13-18)20(25)21-14-16-5-2-1-3-6-16/h1-8,13H,9-12,14-15H2,(H,21,25)(H,22,24). The number of hydrogen-bond acceptors (Lipinski definition) is 4. The van der Waals surface area contributed by atoms with Crippen molar-refractivity contribution >= 4 is 17.5 Å². The topological polar surface area (TPSA) is 70.7 Å². The third-order valence-corrected chi connectivity index (χ3v) is 4.18. The van der Waals surface area contributed by atoms with E-state index in [1.807, 2.05) is 30.3 Å². The molecule has 0 atom stereocenters. The van der Waals surface area contributed by atoms with Crippen molar-refractivity contribution in [2.75, 3.05) is 38.2 Å². The van der Waals surface area contributed by atoms with Crippen LogP contribution in [0.2, 0.25) is 0 Å². The summed E-state index contributed by atoms with van der Waals surface area (Å²) in [6.07, 6.45) is 0. The molecule has 0 saturated carbocycles. The van der Waals surface area contributed by atoms with Gasteiger partial charge in [0.25, 0.3) is 5.91 Å². The Kier molecular flexibility index (Phi) is 6.35. The van der Waals surface area contributed by atoms with Gasteiger partial charge in [-0.25, -0.2) is 0 Å². The molecular formula is C20H23N3O3. The Hall–Kier alpha value is -2.70. The van der Waals surface area contributed by atoms with Gasteiger partial charge >= 0.3 is 0 Å². The van der Waals surface area contributed by atoms with Crippen LogP contribution in [0.15, 0.2) is 54.6 Å². The number of nitrogens with zero attached hydrogens (tertiary/aromatic N) is 1. The third-order valence-electron chi connectivity index (χ3n) is 4.18. The second-order valence-electron chi connectivity index (χ2n) is 6.19. The highest BCUT2D eigenvalue weighted by molar-refractivity contribution is 5.97.